The van der Waals surface area contributed by atoms with E-state index in [1.807, 2.05) is 29.2 Å². The van der Waals surface area contributed by atoms with Gasteiger partial charge in [-0.3, -0.25) is 9.59 Å². The van der Waals surface area contributed by atoms with Gasteiger partial charge in [0, 0.05) is 38.7 Å². The Kier molecular flexibility index (Phi) is 8.29. The molecule has 2 amide bonds. The van der Waals surface area contributed by atoms with Crippen LogP contribution in [0.3, 0.4) is 0 Å². The lowest BCUT2D eigenvalue weighted by Gasteiger charge is -2.30. The smallest absolute Gasteiger partial charge is 0.254 e. The monoisotopic (exact) mass is 530 g/mol. The second kappa shape index (κ2) is 12.2. The Labute approximate surface area is 228 Å². The summed E-state index contributed by atoms with van der Waals surface area (Å²) in [5.41, 5.74) is 11.1. The SMILES string of the molecule is CC(=O)Nc1cc(-c2cccc(CN(CCCN)C(=O)c3ccc4c(c3)OCO4)c2)ccc1N1CCOCC1. The van der Waals surface area contributed by atoms with Gasteiger partial charge in [0.15, 0.2) is 11.5 Å². The first kappa shape index (κ1) is 26.5. The molecule has 1 saturated heterocycles. The Morgan fingerprint density at radius 1 is 0.974 bits per heavy atom. The average Bonchev–Trinajstić information content (AvgIpc) is 3.43. The highest BCUT2D eigenvalue weighted by Crippen LogP contribution is 2.34. The van der Waals surface area contributed by atoms with Crippen LogP contribution < -0.4 is 25.4 Å². The molecule has 2 heterocycles. The van der Waals surface area contributed by atoms with Crippen LogP contribution in [0.5, 0.6) is 11.5 Å². The van der Waals surface area contributed by atoms with Crippen LogP contribution in [0.4, 0.5) is 11.4 Å². The summed E-state index contributed by atoms with van der Waals surface area (Å²) in [5.74, 6) is 1.02. The Hall–Kier alpha value is -4.08. The molecule has 2 aliphatic rings. The summed E-state index contributed by atoms with van der Waals surface area (Å²) in [4.78, 5) is 29.5. The summed E-state index contributed by atoms with van der Waals surface area (Å²) >= 11 is 0. The minimum absolute atomic E-state index is 0.0880. The maximum atomic E-state index is 13.5. The Bertz CT molecular complexity index is 1340. The zero-order chi connectivity index (χ0) is 27.2. The molecule has 5 rings (SSSR count). The van der Waals surface area contributed by atoms with Crippen molar-refractivity contribution in [3.63, 3.8) is 0 Å². The third-order valence-corrected chi connectivity index (χ3v) is 6.83. The highest BCUT2D eigenvalue weighted by molar-refractivity contribution is 5.95. The first-order valence-corrected chi connectivity index (χ1v) is 13.2. The maximum absolute atomic E-state index is 13.5. The van der Waals surface area contributed by atoms with Crippen LogP contribution in [0.15, 0.2) is 60.7 Å². The lowest BCUT2D eigenvalue weighted by Crippen LogP contribution is -2.36. The number of morpholine rings is 1. The first-order chi connectivity index (χ1) is 19.0. The van der Waals surface area contributed by atoms with Gasteiger partial charge in [-0.15, -0.1) is 0 Å². The summed E-state index contributed by atoms with van der Waals surface area (Å²) < 4.78 is 16.3. The molecule has 3 aromatic rings. The van der Waals surface area contributed by atoms with Crippen LogP contribution in [0.1, 0.15) is 29.3 Å². The highest BCUT2D eigenvalue weighted by atomic mass is 16.7. The Morgan fingerprint density at radius 2 is 1.77 bits per heavy atom. The lowest BCUT2D eigenvalue weighted by molar-refractivity contribution is -0.114. The molecule has 2 aliphatic heterocycles. The summed E-state index contributed by atoms with van der Waals surface area (Å²) in [6.07, 6.45) is 0.694. The minimum Gasteiger partial charge on any atom is -0.454 e. The summed E-state index contributed by atoms with van der Waals surface area (Å²) in [5, 5.41) is 3.00. The number of anilines is 2. The van der Waals surface area contributed by atoms with Crippen molar-refractivity contribution in [3.8, 4) is 22.6 Å². The number of hydrogen-bond acceptors (Lipinski definition) is 7. The molecular formula is C30H34N4O5. The number of nitrogens with two attached hydrogens (primary N) is 1. The molecule has 9 heteroatoms. The van der Waals surface area contributed by atoms with Gasteiger partial charge in [-0.25, -0.2) is 0 Å². The maximum Gasteiger partial charge on any atom is 0.254 e. The Morgan fingerprint density at radius 3 is 2.56 bits per heavy atom. The van der Waals surface area contributed by atoms with E-state index in [4.69, 9.17) is 19.9 Å². The van der Waals surface area contributed by atoms with Gasteiger partial charge in [0.05, 0.1) is 24.6 Å². The number of hydrogen-bond donors (Lipinski definition) is 2. The molecule has 0 atom stereocenters. The van der Waals surface area contributed by atoms with Crippen molar-refractivity contribution in [2.24, 2.45) is 5.73 Å². The summed E-state index contributed by atoms with van der Waals surface area (Å²) in [6, 6.07) is 19.5. The highest BCUT2D eigenvalue weighted by Gasteiger charge is 2.21. The van der Waals surface area contributed by atoms with E-state index >= 15 is 0 Å². The van der Waals surface area contributed by atoms with E-state index in [1.54, 1.807) is 18.2 Å². The molecule has 1 fully saturated rings. The number of fused-ring (bicyclic) bond motifs is 1. The second-order valence-corrected chi connectivity index (χ2v) is 9.65. The number of amides is 2. The van der Waals surface area contributed by atoms with Gasteiger partial charge in [0.1, 0.15) is 0 Å². The third kappa shape index (κ3) is 6.32. The fourth-order valence-electron chi connectivity index (χ4n) is 4.90. The van der Waals surface area contributed by atoms with Gasteiger partial charge in [-0.1, -0.05) is 24.3 Å². The normalized spacial score (nSPS) is 14.3. The molecule has 0 aromatic heterocycles. The van der Waals surface area contributed by atoms with Crippen molar-refractivity contribution in [2.75, 3.05) is 56.4 Å². The van der Waals surface area contributed by atoms with Gasteiger partial charge >= 0.3 is 0 Å². The van der Waals surface area contributed by atoms with Crippen LogP contribution in [0.2, 0.25) is 0 Å². The van der Waals surface area contributed by atoms with E-state index in [9.17, 15) is 9.59 Å². The minimum atomic E-state index is -0.118. The van der Waals surface area contributed by atoms with Crippen LogP contribution in [0.25, 0.3) is 11.1 Å². The van der Waals surface area contributed by atoms with E-state index in [-0.39, 0.29) is 18.6 Å². The van der Waals surface area contributed by atoms with Gasteiger partial charge in [-0.05, 0) is 66.1 Å². The second-order valence-electron chi connectivity index (χ2n) is 9.65. The van der Waals surface area contributed by atoms with E-state index in [0.717, 1.165) is 41.2 Å². The van der Waals surface area contributed by atoms with Gasteiger partial charge in [0.2, 0.25) is 12.7 Å². The molecule has 9 nitrogen and oxygen atoms in total. The molecule has 204 valence electrons. The van der Waals surface area contributed by atoms with Gasteiger partial charge in [-0.2, -0.15) is 0 Å². The average molecular weight is 531 g/mol. The molecule has 3 N–H and O–H groups in total. The van der Waals surface area contributed by atoms with Crippen LogP contribution in [0, 0.1) is 0 Å². The van der Waals surface area contributed by atoms with Gasteiger partial charge < -0.3 is 35.1 Å². The molecule has 3 aromatic carbocycles. The van der Waals surface area contributed by atoms with Crippen molar-refractivity contribution in [1.29, 1.82) is 0 Å². The molecule has 39 heavy (non-hydrogen) atoms. The van der Waals surface area contributed by atoms with Crippen LogP contribution in [-0.2, 0) is 16.1 Å². The number of nitrogens with one attached hydrogen (secondary N) is 1. The van der Waals surface area contributed by atoms with E-state index in [0.29, 0.717) is 56.3 Å². The largest absolute Gasteiger partial charge is 0.454 e. The number of carbonyl (C=O) groups excluding carboxylic acids is 2. The third-order valence-electron chi connectivity index (χ3n) is 6.83. The van der Waals surface area contributed by atoms with Crippen molar-refractivity contribution < 1.29 is 23.8 Å². The number of ether oxygens (including phenoxy) is 3. The molecule has 0 spiro atoms. The van der Waals surface area contributed by atoms with Crippen LogP contribution >= 0.6 is 0 Å². The zero-order valence-electron chi connectivity index (χ0n) is 22.2. The molecule has 0 saturated carbocycles. The predicted molar refractivity (Wildman–Crippen MR) is 150 cm³/mol. The number of nitrogens with zero attached hydrogens (tertiary/aromatic N) is 2. The number of carbonyl (C=O) groups is 2. The number of benzene rings is 3. The summed E-state index contributed by atoms with van der Waals surface area (Å²) in [7, 11) is 0. The predicted octanol–water partition coefficient (Wildman–Crippen LogP) is 3.87. The summed E-state index contributed by atoms with van der Waals surface area (Å²) in [6.45, 7) is 6.02. The van der Waals surface area contributed by atoms with Gasteiger partial charge in [0.25, 0.3) is 5.91 Å². The zero-order valence-corrected chi connectivity index (χ0v) is 22.2. The van der Waals surface area contributed by atoms with Crippen molar-refractivity contribution in [2.45, 2.75) is 19.9 Å². The molecule has 0 unspecified atom stereocenters. The molecule has 0 radical (unpaired) electrons. The van der Waals surface area contributed by atoms with Crippen molar-refractivity contribution in [3.05, 3.63) is 71.8 Å². The van der Waals surface area contributed by atoms with E-state index in [2.05, 4.69) is 28.4 Å². The van der Waals surface area contributed by atoms with E-state index < -0.39 is 0 Å². The topological polar surface area (TPSA) is 106 Å². The van der Waals surface area contributed by atoms with Crippen molar-refractivity contribution in [1.82, 2.24) is 4.90 Å². The van der Waals surface area contributed by atoms with Crippen LogP contribution in [-0.4, -0.2) is 62.9 Å². The van der Waals surface area contributed by atoms with E-state index in [1.165, 1.54) is 6.92 Å². The molecule has 0 aliphatic carbocycles. The molecular weight excluding hydrogens is 496 g/mol. The fraction of sp³-hybridized carbons (Fsp3) is 0.333. The number of rotatable bonds is 9. The Balaban J connectivity index is 1.39. The standard InChI is InChI=1S/C30H34N4O5/c1-21(35)32-26-17-24(6-8-27(26)33-12-14-37-15-13-33)23-5-2-4-22(16-23)19-34(11-3-10-31)30(36)25-7-9-28-29(18-25)39-20-38-28/h2,4-9,16-18H,3,10-15,19-20,31H2,1H3,(H,32,35). The molecule has 0 bridgehead atoms. The quantitative estimate of drug-likeness (QED) is 0.433. The van der Waals surface area contributed by atoms with Crippen molar-refractivity contribution >= 4 is 23.2 Å². The first-order valence-electron chi connectivity index (χ1n) is 13.2. The lowest BCUT2D eigenvalue weighted by atomic mass is 10.0. The fourth-order valence-corrected chi connectivity index (χ4v) is 4.90.